The van der Waals surface area contributed by atoms with Crippen molar-refractivity contribution in [1.82, 2.24) is 0 Å². The van der Waals surface area contributed by atoms with Crippen LogP contribution in [0.1, 0.15) is 35.7 Å². The van der Waals surface area contributed by atoms with Crippen molar-refractivity contribution in [2.45, 2.75) is 32.1 Å². The fourth-order valence-corrected chi connectivity index (χ4v) is 1.44. The summed E-state index contributed by atoms with van der Waals surface area (Å²) in [4.78, 5) is 22.1. The molecule has 0 aromatic heterocycles. The topological polar surface area (TPSA) is 34.1 Å². The first-order valence-electron chi connectivity index (χ1n) is 5.54. The number of alkyl halides is 4. The van der Waals surface area contributed by atoms with Crippen LogP contribution >= 0.6 is 0 Å². The van der Waals surface area contributed by atoms with E-state index in [1.165, 1.54) is 24.3 Å². The molecule has 0 aliphatic carbocycles. The van der Waals surface area contributed by atoms with Crippen LogP contribution in [0.2, 0.25) is 0 Å². The predicted octanol–water partition coefficient (Wildman–Crippen LogP) is 3.46. The van der Waals surface area contributed by atoms with Gasteiger partial charge < -0.3 is 0 Å². The summed E-state index contributed by atoms with van der Waals surface area (Å²) in [7, 11) is 0. The Labute approximate surface area is 107 Å². The number of Topliss-reactive ketones (excluding diaryl/α,β-unsaturated/α-hetero) is 2. The van der Waals surface area contributed by atoms with E-state index in [1.54, 1.807) is 0 Å². The highest BCUT2D eigenvalue weighted by molar-refractivity contribution is 6.14. The molecule has 19 heavy (non-hydrogen) atoms. The first kappa shape index (κ1) is 15.3. The van der Waals surface area contributed by atoms with Crippen molar-refractivity contribution in [3.63, 3.8) is 0 Å². The van der Waals surface area contributed by atoms with Crippen LogP contribution < -0.4 is 0 Å². The molecule has 1 aromatic carbocycles. The summed E-state index contributed by atoms with van der Waals surface area (Å²) in [6.07, 6.45) is -8.56. The van der Waals surface area contributed by atoms with Crippen LogP contribution in [0.5, 0.6) is 0 Å². The molecule has 0 aliphatic rings. The second kappa shape index (κ2) is 5.50. The largest absolute Gasteiger partial charge is 0.453 e. The zero-order valence-electron chi connectivity index (χ0n) is 10.3. The Bertz CT molecular complexity index is 474. The van der Waals surface area contributed by atoms with Gasteiger partial charge in [0, 0.05) is 5.56 Å². The molecular formula is C13H12F4O2. The van der Waals surface area contributed by atoms with Gasteiger partial charge in [-0.15, -0.1) is 0 Å². The fraction of sp³-hybridized carbons (Fsp3) is 0.385. The molecule has 104 valence electrons. The van der Waals surface area contributed by atoms with Crippen molar-refractivity contribution < 1.29 is 27.2 Å². The first-order valence-corrected chi connectivity index (χ1v) is 5.54. The molecule has 0 heterocycles. The van der Waals surface area contributed by atoms with Crippen LogP contribution in [-0.2, 0) is 4.79 Å². The van der Waals surface area contributed by atoms with E-state index in [0.29, 0.717) is 0 Å². The van der Waals surface area contributed by atoms with E-state index in [9.17, 15) is 27.2 Å². The number of hydrogen-bond acceptors (Lipinski definition) is 2. The number of hydrogen-bond donors (Lipinski definition) is 0. The van der Waals surface area contributed by atoms with Gasteiger partial charge in [-0.05, 0) is 11.5 Å². The smallest absolute Gasteiger partial charge is 0.290 e. The molecular weight excluding hydrogens is 264 g/mol. The second-order valence-electron chi connectivity index (χ2n) is 4.37. The van der Waals surface area contributed by atoms with Gasteiger partial charge in [-0.25, -0.2) is 4.39 Å². The number of ketones is 2. The van der Waals surface area contributed by atoms with E-state index in [-0.39, 0.29) is 11.5 Å². The predicted molar refractivity (Wildman–Crippen MR) is 60.8 cm³/mol. The minimum absolute atomic E-state index is 0.169. The number of carbonyl (C=O) groups is 2. The number of halogens is 4. The summed E-state index contributed by atoms with van der Waals surface area (Å²) >= 11 is 0. The Morgan fingerprint density at radius 3 is 1.89 bits per heavy atom. The van der Waals surface area contributed by atoms with E-state index in [2.05, 4.69) is 0 Å². The third kappa shape index (κ3) is 3.62. The number of rotatable bonds is 4. The van der Waals surface area contributed by atoms with Crippen molar-refractivity contribution in [2.24, 2.45) is 0 Å². The minimum Gasteiger partial charge on any atom is -0.290 e. The van der Waals surface area contributed by atoms with Gasteiger partial charge in [0.25, 0.3) is 5.78 Å². The van der Waals surface area contributed by atoms with E-state index in [1.807, 2.05) is 13.8 Å². The molecule has 0 radical (unpaired) electrons. The number of carbonyl (C=O) groups excluding carboxylic acids is 2. The monoisotopic (exact) mass is 276 g/mol. The summed E-state index contributed by atoms with van der Waals surface area (Å²) in [5.41, 5.74) is 0.601. The summed E-state index contributed by atoms with van der Waals surface area (Å²) in [6.45, 7) is 3.78. The lowest BCUT2D eigenvalue weighted by Crippen LogP contribution is -2.36. The summed E-state index contributed by atoms with van der Waals surface area (Å²) in [5.74, 6) is -3.98. The molecule has 0 saturated heterocycles. The summed E-state index contributed by atoms with van der Waals surface area (Å²) in [6, 6.07) is 5.47. The highest BCUT2D eigenvalue weighted by Crippen LogP contribution is 2.22. The van der Waals surface area contributed by atoms with Gasteiger partial charge in [0.05, 0.1) is 0 Å². The third-order valence-corrected chi connectivity index (χ3v) is 2.60. The van der Waals surface area contributed by atoms with Crippen LogP contribution in [0.15, 0.2) is 24.3 Å². The molecule has 0 fully saturated rings. The number of benzene rings is 1. The van der Waals surface area contributed by atoms with Crippen LogP contribution in [0, 0.1) is 0 Å². The summed E-state index contributed by atoms with van der Waals surface area (Å²) in [5, 5.41) is 0. The molecule has 0 saturated carbocycles. The average Bonchev–Trinajstić information content (AvgIpc) is 2.35. The normalized spacial score (nSPS) is 13.4. The Morgan fingerprint density at radius 2 is 1.53 bits per heavy atom. The maximum atomic E-state index is 13.2. The molecule has 0 spiro atoms. The first-order chi connectivity index (χ1) is 8.64. The van der Waals surface area contributed by atoms with Crippen LogP contribution in [0.4, 0.5) is 17.6 Å². The molecule has 1 rings (SSSR count). The maximum absolute atomic E-state index is 13.2. The lowest BCUT2D eigenvalue weighted by atomic mass is 9.98. The van der Waals surface area contributed by atoms with E-state index < -0.39 is 23.9 Å². The highest BCUT2D eigenvalue weighted by Gasteiger charge is 2.46. The molecule has 0 N–H and O–H groups in total. The average molecular weight is 276 g/mol. The van der Waals surface area contributed by atoms with Gasteiger partial charge >= 0.3 is 6.18 Å². The molecule has 0 amide bonds. The van der Waals surface area contributed by atoms with Crippen molar-refractivity contribution in [1.29, 1.82) is 0 Å². The lowest BCUT2D eigenvalue weighted by Gasteiger charge is -2.10. The molecule has 1 atom stereocenters. The standard InChI is InChI=1S/C13H12F4O2/c1-7(2)8-3-5-9(6-4-8)11(18)10(14)12(19)13(15,16)17/h3-7,10H,1-2H3. The molecule has 0 aliphatic heterocycles. The molecule has 6 heteroatoms. The summed E-state index contributed by atoms with van der Waals surface area (Å²) < 4.78 is 49.2. The van der Waals surface area contributed by atoms with Gasteiger partial charge in [-0.3, -0.25) is 9.59 Å². The van der Waals surface area contributed by atoms with Crippen LogP contribution in [0.3, 0.4) is 0 Å². The van der Waals surface area contributed by atoms with Crippen molar-refractivity contribution in [2.75, 3.05) is 0 Å². The highest BCUT2D eigenvalue weighted by atomic mass is 19.4. The zero-order valence-corrected chi connectivity index (χ0v) is 10.3. The molecule has 2 nitrogen and oxygen atoms in total. The maximum Gasteiger partial charge on any atom is 0.453 e. The van der Waals surface area contributed by atoms with Gasteiger partial charge in [0.15, 0.2) is 0 Å². The molecule has 1 unspecified atom stereocenters. The Kier molecular flexibility index (Phi) is 4.44. The Morgan fingerprint density at radius 1 is 1.05 bits per heavy atom. The van der Waals surface area contributed by atoms with E-state index >= 15 is 0 Å². The van der Waals surface area contributed by atoms with Gasteiger partial charge in [-0.1, -0.05) is 38.1 Å². The van der Waals surface area contributed by atoms with Gasteiger partial charge in [0.1, 0.15) is 0 Å². The zero-order chi connectivity index (χ0) is 14.8. The van der Waals surface area contributed by atoms with Gasteiger partial charge in [-0.2, -0.15) is 13.2 Å². The minimum atomic E-state index is -5.35. The van der Waals surface area contributed by atoms with Crippen molar-refractivity contribution in [3.8, 4) is 0 Å². The fourth-order valence-electron chi connectivity index (χ4n) is 1.44. The Balaban J connectivity index is 2.92. The van der Waals surface area contributed by atoms with Crippen molar-refractivity contribution >= 4 is 11.6 Å². The van der Waals surface area contributed by atoms with E-state index in [4.69, 9.17) is 0 Å². The Hall–Kier alpha value is -1.72. The van der Waals surface area contributed by atoms with Crippen molar-refractivity contribution in [3.05, 3.63) is 35.4 Å². The molecule has 1 aromatic rings. The lowest BCUT2D eigenvalue weighted by molar-refractivity contribution is -0.174. The molecule has 0 bridgehead atoms. The van der Waals surface area contributed by atoms with Gasteiger partial charge in [0.2, 0.25) is 12.0 Å². The third-order valence-electron chi connectivity index (χ3n) is 2.60. The van der Waals surface area contributed by atoms with Crippen LogP contribution in [0.25, 0.3) is 0 Å². The quantitative estimate of drug-likeness (QED) is 0.479. The SMILES string of the molecule is CC(C)c1ccc(C(=O)C(F)C(=O)C(F)(F)F)cc1. The second-order valence-corrected chi connectivity index (χ2v) is 4.37. The van der Waals surface area contributed by atoms with E-state index in [0.717, 1.165) is 5.56 Å². The van der Waals surface area contributed by atoms with Crippen LogP contribution in [-0.4, -0.2) is 23.9 Å².